The topological polar surface area (TPSA) is 55.1 Å². The van der Waals surface area contributed by atoms with Crippen LogP contribution in [0.25, 0.3) is 6.08 Å². The first-order valence-electron chi connectivity index (χ1n) is 11.8. The van der Waals surface area contributed by atoms with Crippen LogP contribution in [0.1, 0.15) is 77.7 Å². The van der Waals surface area contributed by atoms with E-state index >= 15 is 0 Å². The van der Waals surface area contributed by atoms with E-state index in [0.29, 0.717) is 29.0 Å². The molecule has 5 rings (SSSR count). The average Bonchev–Trinajstić information content (AvgIpc) is 3.26. The molecule has 0 aliphatic heterocycles. The maximum absolute atomic E-state index is 13.5. The summed E-state index contributed by atoms with van der Waals surface area (Å²) in [5.74, 6) is 2.95. The van der Waals surface area contributed by atoms with Gasteiger partial charge in [0.1, 0.15) is 0 Å². The Hall–Kier alpha value is -1.42. The van der Waals surface area contributed by atoms with Gasteiger partial charge in [-0.2, -0.15) is 5.10 Å². The predicted octanol–water partition coefficient (Wildman–Crippen LogP) is 4.87. The van der Waals surface area contributed by atoms with E-state index in [-0.39, 0.29) is 11.5 Å². The summed E-state index contributed by atoms with van der Waals surface area (Å²) in [6.07, 6.45) is 14.7. The van der Waals surface area contributed by atoms with Gasteiger partial charge >= 0.3 is 0 Å². The molecule has 1 aromatic heterocycles. The number of hydrogen-bond acceptors (Lipinski definition) is 3. The lowest BCUT2D eigenvalue weighted by molar-refractivity contribution is -0.141. The monoisotopic (exact) mass is 396 g/mol. The molecule has 4 aliphatic rings. The summed E-state index contributed by atoms with van der Waals surface area (Å²) in [7, 11) is 0. The second-order valence-corrected chi connectivity index (χ2v) is 10.9. The lowest BCUT2D eigenvalue weighted by Crippen LogP contribution is -2.54. The molecular formula is C25H36N2O2. The van der Waals surface area contributed by atoms with Crippen molar-refractivity contribution in [3.63, 3.8) is 0 Å². The number of aliphatic hydroxyl groups is 1. The molecule has 0 saturated heterocycles. The Kier molecular flexibility index (Phi) is 4.58. The molecule has 7 atom stereocenters. The molecule has 4 aliphatic carbocycles. The Labute approximate surface area is 174 Å². The Morgan fingerprint density at radius 3 is 2.79 bits per heavy atom. The van der Waals surface area contributed by atoms with Crippen LogP contribution in [0.15, 0.2) is 18.0 Å². The van der Waals surface area contributed by atoms with Gasteiger partial charge < -0.3 is 5.11 Å². The molecule has 0 bridgehead atoms. The molecule has 1 aromatic rings. The molecule has 0 spiro atoms. The summed E-state index contributed by atoms with van der Waals surface area (Å²) in [6, 6.07) is 0. The van der Waals surface area contributed by atoms with Crippen LogP contribution in [0, 0.1) is 34.5 Å². The van der Waals surface area contributed by atoms with Crippen molar-refractivity contribution < 1.29 is 9.90 Å². The third kappa shape index (κ3) is 2.89. The molecule has 158 valence electrons. The van der Waals surface area contributed by atoms with Crippen molar-refractivity contribution in [3.8, 4) is 0 Å². The second kappa shape index (κ2) is 6.80. The quantitative estimate of drug-likeness (QED) is 0.726. The molecule has 4 nitrogen and oxygen atoms in total. The zero-order chi connectivity index (χ0) is 20.4. The van der Waals surface area contributed by atoms with Gasteiger partial charge in [0.25, 0.3) is 0 Å². The predicted molar refractivity (Wildman–Crippen MR) is 114 cm³/mol. The number of rotatable bonds is 2. The number of aliphatic hydroxyl groups excluding tert-OH is 1. The summed E-state index contributed by atoms with van der Waals surface area (Å²) in [5.41, 5.74) is 2.28. The molecule has 7 unspecified atom stereocenters. The van der Waals surface area contributed by atoms with Crippen LogP contribution in [0.4, 0.5) is 0 Å². The van der Waals surface area contributed by atoms with Gasteiger partial charge in [0, 0.05) is 23.7 Å². The second-order valence-electron chi connectivity index (χ2n) is 10.9. The average molecular weight is 397 g/mol. The lowest BCUT2D eigenvalue weighted by atomic mass is 9.45. The number of allylic oxidation sites excluding steroid dienone is 1. The van der Waals surface area contributed by atoms with Gasteiger partial charge in [0.05, 0.1) is 12.3 Å². The summed E-state index contributed by atoms with van der Waals surface area (Å²) in [6.45, 7) is 7.71. The number of nitrogens with zero attached hydrogens (tertiary/aromatic N) is 2. The third-order valence-corrected chi connectivity index (χ3v) is 9.60. The number of fused-ring (bicyclic) bond motifs is 5. The van der Waals surface area contributed by atoms with E-state index in [4.69, 9.17) is 0 Å². The minimum absolute atomic E-state index is 0.0925. The molecule has 4 saturated carbocycles. The van der Waals surface area contributed by atoms with Crippen LogP contribution >= 0.6 is 0 Å². The Morgan fingerprint density at radius 2 is 2.03 bits per heavy atom. The van der Waals surface area contributed by atoms with E-state index < -0.39 is 0 Å². The van der Waals surface area contributed by atoms with Crippen molar-refractivity contribution in [3.05, 3.63) is 23.5 Å². The van der Waals surface area contributed by atoms with Crippen molar-refractivity contribution in [1.82, 2.24) is 9.78 Å². The molecule has 1 N–H and O–H groups in total. The minimum atomic E-state index is -0.175. The SMILES string of the molecule is CCn1cc(C=C2CC3C4CCC5CC(O)CCC5(C)C4CCC3(C)C2=O)cn1. The number of ketones is 1. The zero-order valence-electron chi connectivity index (χ0n) is 18.2. The highest BCUT2D eigenvalue weighted by Gasteiger charge is 2.61. The van der Waals surface area contributed by atoms with Crippen LogP contribution in [-0.2, 0) is 11.3 Å². The highest BCUT2D eigenvalue weighted by Crippen LogP contribution is 2.66. The Balaban J connectivity index is 1.43. The van der Waals surface area contributed by atoms with E-state index in [2.05, 4.69) is 31.9 Å². The molecule has 0 amide bonds. The van der Waals surface area contributed by atoms with Gasteiger partial charge in [-0.25, -0.2) is 0 Å². The number of aryl methyl sites for hydroxylation is 1. The molecule has 4 heteroatoms. The van der Waals surface area contributed by atoms with Gasteiger partial charge in [-0.05, 0) is 99.0 Å². The number of Topliss-reactive ketones (excluding diaryl/α,β-unsaturated/α-hetero) is 1. The highest BCUT2D eigenvalue weighted by atomic mass is 16.3. The number of carbonyl (C=O) groups is 1. The highest BCUT2D eigenvalue weighted by molar-refractivity contribution is 6.05. The molecule has 0 radical (unpaired) electrons. The molecule has 4 fully saturated rings. The molecular weight excluding hydrogens is 360 g/mol. The number of hydrogen-bond donors (Lipinski definition) is 1. The van der Waals surface area contributed by atoms with Gasteiger partial charge in [-0.3, -0.25) is 9.48 Å². The lowest BCUT2D eigenvalue weighted by Gasteiger charge is -2.59. The van der Waals surface area contributed by atoms with Crippen LogP contribution in [-0.4, -0.2) is 26.8 Å². The largest absolute Gasteiger partial charge is 0.393 e. The van der Waals surface area contributed by atoms with Crippen LogP contribution in [0.2, 0.25) is 0 Å². The van der Waals surface area contributed by atoms with E-state index in [1.165, 1.54) is 19.3 Å². The van der Waals surface area contributed by atoms with Gasteiger partial charge in [-0.15, -0.1) is 0 Å². The molecule has 29 heavy (non-hydrogen) atoms. The Bertz CT molecular complexity index is 842. The molecule has 0 aromatic carbocycles. The van der Waals surface area contributed by atoms with Crippen LogP contribution in [0.5, 0.6) is 0 Å². The minimum Gasteiger partial charge on any atom is -0.393 e. The van der Waals surface area contributed by atoms with E-state index in [1.54, 1.807) is 0 Å². The summed E-state index contributed by atoms with van der Waals surface area (Å²) in [5, 5.41) is 14.6. The normalized spacial score (nSPS) is 45.7. The van der Waals surface area contributed by atoms with Gasteiger partial charge in [0.15, 0.2) is 5.78 Å². The van der Waals surface area contributed by atoms with Crippen molar-refractivity contribution in [1.29, 1.82) is 0 Å². The van der Waals surface area contributed by atoms with Crippen molar-refractivity contribution >= 4 is 11.9 Å². The summed E-state index contributed by atoms with van der Waals surface area (Å²) >= 11 is 0. The van der Waals surface area contributed by atoms with Gasteiger partial charge in [-0.1, -0.05) is 13.8 Å². The first-order chi connectivity index (χ1) is 13.8. The smallest absolute Gasteiger partial charge is 0.165 e. The first kappa shape index (κ1) is 19.5. The van der Waals surface area contributed by atoms with E-state index in [9.17, 15) is 9.90 Å². The molecule has 1 heterocycles. The van der Waals surface area contributed by atoms with Crippen LogP contribution in [0.3, 0.4) is 0 Å². The fraction of sp³-hybridized carbons (Fsp3) is 0.760. The number of aromatic nitrogens is 2. The fourth-order valence-electron chi connectivity index (χ4n) is 7.86. The van der Waals surface area contributed by atoms with Crippen molar-refractivity contribution in [2.24, 2.45) is 34.5 Å². The van der Waals surface area contributed by atoms with Gasteiger partial charge in [0.2, 0.25) is 0 Å². The van der Waals surface area contributed by atoms with E-state index in [1.807, 2.05) is 17.1 Å². The first-order valence-corrected chi connectivity index (χ1v) is 11.8. The fourth-order valence-corrected chi connectivity index (χ4v) is 7.86. The maximum atomic E-state index is 13.5. The Morgan fingerprint density at radius 1 is 1.21 bits per heavy atom. The summed E-state index contributed by atoms with van der Waals surface area (Å²) < 4.78 is 1.93. The zero-order valence-corrected chi connectivity index (χ0v) is 18.2. The third-order valence-electron chi connectivity index (χ3n) is 9.60. The summed E-state index contributed by atoms with van der Waals surface area (Å²) in [4.78, 5) is 13.5. The standard InChI is InChI=1S/C25H36N2O2/c1-4-27-15-16(14-26-27)11-17-12-22-20-6-5-18-13-19(28)7-9-24(18,2)21(20)8-10-25(22,3)23(17)29/h11,14-15,18-22,28H,4-10,12-13H2,1-3H3. The van der Waals surface area contributed by atoms with Crippen molar-refractivity contribution in [2.45, 2.75) is 84.8 Å². The van der Waals surface area contributed by atoms with E-state index in [0.717, 1.165) is 55.7 Å². The van der Waals surface area contributed by atoms with Crippen molar-refractivity contribution in [2.75, 3.05) is 0 Å². The number of carbonyl (C=O) groups excluding carboxylic acids is 1. The maximum Gasteiger partial charge on any atom is 0.165 e. The van der Waals surface area contributed by atoms with Crippen LogP contribution < -0.4 is 0 Å².